The van der Waals surface area contributed by atoms with Crippen molar-refractivity contribution in [1.82, 2.24) is 0 Å². The fourth-order valence-electron chi connectivity index (χ4n) is 9.48. The summed E-state index contributed by atoms with van der Waals surface area (Å²) < 4.78 is 28.5. The van der Waals surface area contributed by atoms with Crippen LogP contribution in [0.2, 0.25) is 0 Å². The van der Waals surface area contributed by atoms with E-state index in [1.807, 2.05) is 0 Å². The third kappa shape index (κ3) is 46.0. The van der Waals surface area contributed by atoms with Gasteiger partial charge in [-0.1, -0.05) is 247 Å². The molecular formula is C69H116O12. The Hall–Kier alpha value is -4.10. The lowest BCUT2D eigenvalue weighted by Gasteiger charge is -2.40. The van der Waals surface area contributed by atoms with Gasteiger partial charge < -0.3 is 39.0 Å². The zero-order valence-electron chi connectivity index (χ0n) is 51.3. The predicted molar refractivity (Wildman–Crippen MR) is 331 cm³/mol. The molecule has 1 aliphatic heterocycles. The summed E-state index contributed by atoms with van der Waals surface area (Å²) in [6, 6.07) is 0. The van der Waals surface area contributed by atoms with Crippen LogP contribution in [0.5, 0.6) is 0 Å². The number of ether oxygens (including phenoxy) is 5. The van der Waals surface area contributed by atoms with Crippen molar-refractivity contribution in [2.24, 2.45) is 0 Å². The number of carbonyl (C=O) groups is 4. The number of carboxylic acids is 1. The van der Waals surface area contributed by atoms with Gasteiger partial charge in [0.15, 0.2) is 24.6 Å². The third-order valence-corrected chi connectivity index (χ3v) is 14.5. The largest absolute Gasteiger partial charge is 0.479 e. The Balaban J connectivity index is 2.68. The Morgan fingerprint density at radius 3 is 1.22 bits per heavy atom. The summed E-state index contributed by atoms with van der Waals surface area (Å²) in [6.07, 6.45) is 61.1. The molecule has 1 fully saturated rings. The monoisotopic (exact) mass is 1140 g/mol. The highest BCUT2D eigenvalue weighted by Crippen LogP contribution is 2.27. The molecule has 81 heavy (non-hydrogen) atoms. The second kappa shape index (κ2) is 56.4. The van der Waals surface area contributed by atoms with Gasteiger partial charge in [0.1, 0.15) is 18.8 Å². The number of carbonyl (C=O) groups excluding carboxylic acids is 3. The smallest absolute Gasteiger partial charge is 0.335 e. The molecule has 0 saturated carbocycles. The quantitative estimate of drug-likeness (QED) is 0.0228. The molecule has 0 radical (unpaired) electrons. The van der Waals surface area contributed by atoms with Crippen molar-refractivity contribution in [3.8, 4) is 0 Å². The molecular weight excluding hydrogens is 1020 g/mol. The molecule has 12 heteroatoms. The van der Waals surface area contributed by atoms with E-state index in [-0.39, 0.29) is 25.9 Å². The number of esters is 3. The number of carboxylic acid groups (broad SMARTS) is 1. The zero-order chi connectivity index (χ0) is 58.9. The Bertz CT molecular complexity index is 1730. The van der Waals surface area contributed by atoms with Crippen molar-refractivity contribution < 1.29 is 58.2 Å². The highest BCUT2D eigenvalue weighted by atomic mass is 16.7. The molecule has 0 bridgehead atoms. The maximum Gasteiger partial charge on any atom is 0.335 e. The Morgan fingerprint density at radius 2 is 0.778 bits per heavy atom. The highest BCUT2D eigenvalue weighted by Gasteiger charge is 2.50. The van der Waals surface area contributed by atoms with Gasteiger partial charge in [-0.3, -0.25) is 14.4 Å². The van der Waals surface area contributed by atoms with Gasteiger partial charge in [0.25, 0.3) is 0 Å². The van der Waals surface area contributed by atoms with E-state index >= 15 is 0 Å². The maximum absolute atomic E-state index is 13.2. The molecule has 0 amide bonds. The molecule has 1 saturated heterocycles. The minimum absolute atomic E-state index is 0.0467. The van der Waals surface area contributed by atoms with Crippen LogP contribution in [0.25, 0.3) is 0 Å². The summed E-state index contributed by atoms with van der Waals surface area (Å²) >= 11 is 0. The van der Waals surface area contributed by atoms with Crippen LogP contribution in [0.4, 0.5) is 0 Å². The van der Waals surface area contributed by atoms with Crippen molar-refractivity contribution in [3.63, 3.8) is 0 Å². The van der Waals surface area contributed by atoms with Crippen molar-refractivity contribution in [2.45, 2.75) is 314 Å². The standard InChI is InChI=1S/C69H116O12/c1-4-7-10-13-16-19-22-25-28-30-31-33-35-37-40-43-46-49-52-55-61(70)77-58-60(79-62(71)56-53-50-47-44-41-38-34-27-24-21-18-15-12-9-6-3)59-78-69-67(65(74)64(73)66(81-69)68(75)76)80-63(72)57-54-51-48-45-42-39-36-32-29-26-23-20-17-14-11-8-5-2/h7,10,16-17,19-20,25-26,28-29,31,33,37,40,60,64-67,69,73-74H,4-6,8-9,11-15,18,21-24,27,30,32,34-36,38-39,41-59H2,1-3H3,(H,75,76)/b10-7-,19-16-,20-17-,28-25-,29-26-,33-31-,40-37-. The normalized spacial score (nSPS) is 18.3. The Labute approximate surface area is 492 Å². The molecule has 3 N–H and O–H groups in total. The lowest BCUT2D eigenvalue weighted by molar-refractivity contribution is -0.301. The van der Waals surface area contributed by atoms with E-state index < -0.39 is 67.3 Å². The average molecular weight is 1140 g/mol. The van der Waals surface area contributed by atoms with Gasteiger partial charge in [-0.15, -0.1) is 0 Å². The summed E-state index contributed by atoms with van der Waals surface area (Å²) in [4.78, 5) is 51.3. The molecule has 0 aromatic heterocycles. The first-order valence-electron chi connectivity index (χ1n) is 32.6. The Morgan fingerprint density at radius 1 is 0.420 bits per heavy atom. The molecule has 0 aromatic rings. The van der Waals surface area contributed by atoms with Crippen molar-refractivity contribution in [1.29, 1.82) is 0 Å². The SMILES string of the molecule is CC/C=C\C/C=C\C/C=C\C/C=C\C/C=C\CCCCCC(=O)OCC(COC1OC(C(=O)O)C(O)C(O)C1OC(=O)CCCCCCCCC/C=C\C/C=C\CCCCC)OC(=O)CCCCCCCCCCCCCCCCC. The van der Waals surface area contributed by atoms with Crippen LogP contribution in [0.15, 0.2) is 85.1 Å². The van der Waals surface area contributed by atoms with E-state index in [1.54, 1.807) is 0 Å². The van der Waals surface area contributed by atoms with E-state index in [0.717, 1.165) is 128 Å². The van der Waals surface area contributed by atoms with Crippen LogP contribution in [0.1, 0.15) is 278 Å². The second-order valence-electron chi connectivity index (χ2n) is 22.0. The minimum Gasteiger partial charge on any atom is -0.479 e. The lowest BCUT2D eigenvalue weighted by atomic mass is 9.98. The van der Waals surface area contributed by atoms with E-state index in [2.05, 4.69) is 106 Å². The predicted octanol–water partition coefficient (Wildman–Crippen LogP) is 17.5. The van der Waals surface area contributed by atoms with Gasteiger partial charge in [-0.25, -0.2) is 4.79 Å². The summed E-state index contributed by atoms with van der Waals surface area (Å²) in [6.45, 7) is 5.85. The minimum atomic E-state index is -1.91. The highest BCUT2D eigenvalue weighted by molar-refractivity contribution is 5.74. The molecule has 0 spiro atoms. The third-order valence-electron chi connectivity index (χ3n) is 14.5. The number of hydrogen-bond donors (Lipinski definition) is 3. The van der Waals surface area contributed by atoms with Crippen LogP contribution in [-0.2, 0) is 42.9 Å². The molecule has 0 aromatic carbocycles. The zero-order valence-corrected chi connectivity index (χ0v) is 51.3. The Kier molecular flexibility index (Phi) is 52.1. The number of unbranched alkanes of at least 4 members (excludes halogenated alkanes) is 27. The number of hydrogen-bond acceptors (Lipinski definition) is 11. The topological polar surface area (TPSA) is 175 Å². The lowest BCUT2D eigenvalue weighted by Crippen LogP contribution is -2.61. The van der Waals surface area contributed by atoms with Crippen molar-refractivity contribution in [3.05, 3.63) is 85.1 Å². The molecule has 464 valence electrons. The summed E-state index contributed by atoms with van der Waals surface area (Å²) in [5.41, 5.74) is 0. The number of allylic oxidation sites excluding steroid dienone is 14. The summed E-state index contributed by atoms with van der Waals surface area (Å²) in [5.74, 6) is -3.16. The molecule has 6 atom stereocenters. The number of aliphatic hydroxyl groups is 2. The molecule has 0 aliphatic carbocycles. The number of aliphatic hydroxyl groups excluding tert-OH is 2. The van der Waals surface area contributed by atoms with E-state index in [9.17, 15) is 34.5 Å². The van der Waals surface area contributed by atoms with E-state index in [0.29, 0.717) is 19.3 Å². The molecule has 6 unspecified atom stereocenters. The van der Waals surface area contributed by atoms with Crippen molar-refractivity contribution >= 4 is 23.9 Å². The summed E-state index contributed by atoms with van der Waals surface area (Å²) in [7, 11) is 0. The molecule has 12 nitrogen and oxygen atoms in total. The fourth-order valence-corrected chi connectivity index (χ4v) is 9.48. The molecule has 1 aliphatic rings. The van der Waals surface area contributed by atoms with Crippen LogP contribution in [0, 0.1) is 0 Å². The van der Waals surface area contributed by atoms with E-state index in [1.165, 1.54) is 89.9 Å². The number of aliphatic carboxylic acids is 1. The first-order valence-corrected chi connectivity index (χ1v) is 32.6. The molecule has 1 rings (SSSR count). The summed E-state index contributed by atoms with van der Waals surface area (Å²) in [5, 5.41) is 31.6. The fraction of sp³-hybridized carbons (Fsp3) is 0.739. The van der Waals surface area contributed by atoms with Gasteiger partial charge in [-0.05, 0) is 96.3 Å². The first-order chi connectivity index (χ1) is 39.6. The van der Waals surface area contributed by atoms with Crippen LogP contribution >= 0.6 is 0 Å². The first kappa shape index (κ1) is 74.9. The number of rotatable bonds is 55. The van der Waals surface area contributed by atoms with Gasteiger partial charge >= 0.3 is 23.9 Å². The second-order valence-corrected chi connectivity index (χ2v) is 22.0. The molecule has 1 heterocycles. The average Bonchev–Trinajstić information content (AvgIpc) is 3.53. The maximum atomic E-state index is 13.2. The van der Waals surface area contributed by atoms with Gasteiger partial charge in [-0.2, -0.15) is 0 Å². The van der Waals surface area contributed by atoms with Gasteiger partial charge in [0.2, 0.25) is 0 Å². The van der Waals surface area contributed by atoms with Crippen LogP contribution in [0.3, 0.4) is 0 Å². The van der Waals surface area contributed by atoms with Crippen LogP contribution < -0.4 is 0 Å². The van der Waals surface area contributed by atoms with Gasteiger partial charge in [0, 0.05) is 19.3 Å². The van der Waals surface area contributed by atoms with Crippen LogP contribution in [-0.4, -0.2) is 89.2 Å². The van der Waals surface area contributed by atoms with Crippen molar-refractivity contribution in [2.75, 3.05) is 13.2 Å². The van der Waals surface area contributed by atoms with Gasteiger partial charge in [0.05, 0.1) is 6.61 Å². The van der Waals surface area contributed by atoms with E-state index in [4.69, 9.17) is 23.7 Å².